The first kappa shape index (κ1) is 16.4. The van der Waals surface area contributed by atoms with Crippen LogP contribution < -0.4 is 10.6 Å². The highest BCUT2D eigenvalue weighted by atomic mass is 16.1. The van der Waals surface area contributed by atoms with Crippen LogP contribution in [0, 0.1) is 11.8 Å². The second kappa shape index (κ2) is 9.32. The largest absolute Gasteiger partial charge is 0.356 e. The minimum absolute atomic E-state index is 0.0629. The van der Waals surface area contributed by atoms with Crippen LogP contribution in [0.1, 0.15) is 39.5 Å². The van der Waals surface area contributed by atoms with Crippen LogP contribution in [0.3, 0.4) is 0 Å². The van der Waals surface area contributed by atoms with Crippen molar-refractivity contribution >= 4 is 5.91 Å². The third kappa shape index (κ3) is 6.92. The Morgan fingerprint density at radius 3 is 2.89 bits per heavy atom. The molecule has 0 aromatic rings. The Labute approximate surface area is 118 Å². The van der Waals surface area contributed by atoms with Gasteiger partial charge in [-0.3, -0.25) is 4.79 Å². The Kier molecular flexibility index (Phi) is 8.07. The van der Waals surface area contributed by atoms with Crippen molar-refractivity contribution in [1.29, 1.82) is 0 Å². The molecule has 2 atom stereocenters. The highest BCUT2D eigenvalue weighted by molar-refractivity contribution is 5.78. The van der Waals surface area contributed by atoms with Crippen molar-refractivity contribution in [3.8, 4) is 0 Å². The third-order valence-electron chi connectivity index (χ3n) is 3.90. The number of nitrogens with one attached hydrogen (secondary N) is 2. The van der Waals surface area contributed by atoms with E-state index in [1.54, 1.807) is 0 Å². The Balaban J connectivity index is 2.00. The minimum Gasteiger partial charge on any atom is -0.356 e. The normalized spacial score (nSPS) is 22.2. The number of carbonyl (C=O) groups excluding carboxylic acids is 1. The van der Waals surface area contributed by atoms with E-state index in [1.165, 1.54) is 38.9 Å². The standard InChI is InChI=1S/C15H31N3O/c1-13-7-6-10-18(12-13)9-5-4-8-17-15(19)14(2)11-16-3/h13-14,16H,4-12H2,1-3H3,(H,17,19). The molecule has 2 N–H and O–H groups in total. The lowest BCUT2D eigenvalue weighted by Gasteiger charge is -2.30. The molecule has 1 aliphatic rings. The lowest BCUT2D eigenvalue weighted by atomic mass is 10.0. The van der Waals surface area contributed by atoms with Gasteiger partial charge in [-0.05, 0) is 51.7 Å². The van der Waals surface area contributed by atoms with Crippen molar-refractivity contribution < 1.29 is 4.79 Å². The van der Waals surface area contributed by atoms with Gasteiger partial charge in [0.1, 0.15) is 0 Å². The summed E-state index contributed by atoms with van der Waals surface area (Å²) >= 11 is 0. The second-order valence-corrected chi connectivity index (χ2v) is 6.00. The van der Waals surface area contributed by atoms with Gasteiger partial charge < -0.3 is 15.5 Å². The first-order valence-corrected chi connectivity index (χ1v) is 7.78. The molecule has 1 aliphatic heterocycles. The zero-order valence-corrected chi connectivity index (χ0v) is 12.9. The van der Waals surface area contributed by atoms with Crippen LogP contribution in [-0.4, -0.2) is 50.6 Å². The predicted octanol–water partition coefficient (Wildman–Crippen LogP) is 1.47. The van der Waals surface area contributed by atoms with Gasteiger partial charge in [0.25, 0.3) is 0 Å². The Morgan fingerprint density at radius 2 is 2.21 bits per heavy atom. The summed E-state index contributed by atoms with van der Waals surface area (Å²) in [4.78, 5) is 14.2. The maximum absolute atomic E-state index is 11.7. The van der Waals surface area contributed by atoms with Gasteiger partial charge in [-0.25, -0.2) is 0 Å². The Bertz CT molecular complexity index is 258. The summed E-state index contributed by atoms with van der Waals surface area (Å²) in [5, 5.41) is 6.05. The lowest BCUT2D eigenvalue weighted by Crippen LogP contribution is -2.36. The van der Waals surface area contributed by atoms with Gasteiger partial charge in [0.05, 0.1) is 0 Å². The number of hydrogen-bond donors (Lipinski definition) is 2. The highest BCUT2D eigenvalue weighted by Gasteiger charge is 2.15. The summed E-state index contributed by atoms with van der Waals surface area (Å²) in [5.41, 5.74) is 0. The van der Waals surface area contributed by atoms with E-state index in [-0.39, 0.29) is 11.8 Å². The number of carbonyl (C=O) groups is 1. The molecule has 1 fully saturated rings. The number of rotatable bonds is 8. The number of amides is 1. The summed E-state index contributed by atoms with van der Waals surface area (Å²) in [5.74, 6) is 1.09. The van der Waals surface area contributed by atoms with E-state index in [2.05, 4.69) is 22.5 Å². The summed E-state index contributed by atoms with van der Waals surface area (Å²) in [7, 11) is 1.88. The molecule has 0 bridgehead atoms. The van der Waals surface area contributed by atoms with E-state index < -0.39 is 0 Å². The monoisotopic (exact) mass is 269 g/mol. The Morgan fingerprint density at radius 1 is 1.42 bits per heavy atom. The molecule has 1 heterocycles. The van der Waals surface area contributed by atoms with Gasteiger partial charge in [-0.2, -0.15) is 0 Å². The second-order valence-electron chi connectivity index (χ2n) is 6.00. The molecule has 19 heavy (non-hydrogen) atoms. The number of nitrogens with zero attached hydrogens (tertiary/aromatic N) is 1. The maximum atomic E-state index is 11.7. The van der Waals surface area contributed by atoms with E-state index >= 15 is 0 Å². The van der Waals surface area contributed by atoms with Gasteiger partial charge >= 0.3 is 0 Å². The SMILES string of the molecule is CNCC(C)C(=O)NCCCCN1CCCC(C)C1. The lowest BCUT2D eigenvalue weighted by molar-refractivity contribution is -0.124. The minimum atomic E-state index is 0.0629. The van der Waals surface area contributed by atoms with Crippen LogP contribution in [0.25, 0.3) is 0 Å². The molecule has 4 nitrogen and oxygen atoms in total. The number of piperidine rings is 1. The molecular weight excluding hydrogens is 238 g/mol. The van der Waals surface area contributed by atoms with E-state index in [1.807, 2.05) is 14.0 Å². The van der Waals surface area contributed by atoms with Crippen LogP contribution in [0.15, 0.2) is 0 Å². The molecule has 2 unspecified atom stereocenters. The molecule has 1 amide bonds. The van der Waals surface area contributed by atoms with Crippen LogP contribution in [0.2, 0.25) is 0 Å². The summed E-state index contributed by atoms with van der Waals surface area (Å²) in [6.45, 7) is 9.57. The van der Waals surface area contributed by atoms with Gasteiger partial charge in [0.2, 0.25) is 5.91 Å². The zero-order valence-electron chi connectivity index (χ0n) is 12.9. The molecule has 0 radical (unpaired) electrons. The molecule has 4 heteroatoms. The van der Waals surface area contributed by atoms with Crippen LogP contribution in [0.5, 0.6) is 0 Å². The average molecular weight is 269 g/mol. The summed E-state index contributed by atoms with van der Waals surface area (Å²) in [6, 6.07) is 0. The average Bonchev–Trinajstić information content (AvgIpc) is 2.38. The molecule has 0 spiro atoms. The molecule has 112 valence electrons. The van der Waals surface area contributed by atoms with Crippen molar-refractivity contribution in [1.82, 2.24) is 15.5 Å². The van der Waals surface area contributed by atoms with Crippen LogP contribution in [-0.2, 0) is 4.79 Å². The summed E-state index contributed by atoms with van der Waals surface area (Å²) < 4.78 is 0. The molecule has 1 saturated heterocycles. The van der Waals surface area contributed by atoms with E-state index in [9.17, 15) is 4.79 Å². The molecule has 0 saturated carbocycles. The molecule has 0 aromatic carbocycles. The fourth-order valence-corrected chi connectivity index (χ4v) is 2.73. The van der Waals surface area contributed by atoms with Crippen molar-refractivity contribution in [3.63, 3.8) is 0 Å². The van der Waals surface area contributed by atoms with E-state index in [4.69, 9.17) is 0 Å². The van der Waals surface area contributed by atoms with E-state index in [0.29, 0.717) is 0 Å². The first-order valence-electron chi connectivity index (χ1n) is 7.78. The molecule has 0 aliphatic carbocycles. The predicted molar refractivity (Wildman–Crippen MR) is 80.2 cm³/mol. The quantitative estimate of drug-likeness (QED) is 0.656. The summed E-state index contributed by atoms with van der Waals surface area (Å²) in [6.07, 6.45) is 5.01. The Hall–Kier alpha value is -0.610. The fraction of sp³-hybridized carbons (Fsp3) is 0.933. The van der Waals surface area contributed by atoms with Gasteiger partial charge in [0, 0.05) is 25.6 Å². The zero-order chi connectivity index (χ0) is 14.1. The first-order chi connectivity index (χ1) is 9.13. The highest BCUT2D eigenvalue weighted by Crippen LogP contribution is 2.15. The fourth-order valence-electron chi connectivity index (χ4n) is 2.73. The topological polar surface area (TPSA) is 44.4 Å². The number of hydrogen-bond acceptors (Lipinski definition) is 3. The molecule has 0 aromatic heterocycles. The maximum Gasteiger partial charge on any atom is 0.224 e. The van der Waals surface area contributed by atoms with Gasteiger partial charge in [0.15, 0.2) is 0 Å². The van der Waals surface area contributed by atoms with E-state index in [0.717, 1.165) is 25.4 Å². The number of unbranched alkanes of at least 4 members (excludes halogenated alkanes) is 1. The van der Waals surface area contributed by atoms with Gasteiger partial charge in [-0.15, -0.1) is 0 Å². The van der Waals surface area contributed by atoms with Crippen molar-refractivity contribution in [2.24, 2.45) is 11.8 Å². The smallest absolute Gasteiger partial charge is 0.224 e. The van der Waals surface area contributed by atoms with Crippen molar-refractivity contribution in [2.75, 3.05) is 39.8 Å². The third-order valence-corrected chi connectivity index (χ3v) is 3.90. The van der Waals surface area contributed by atoms with Crippen molar-refractivity contribution in [2.45, 2.75) is 39.5 Å². The van der Waals surface area contributed by atoms with Crippen LogP contribution >= 0.6 is 0 Å². The number of likely N-dealkylation sites (tertiary alicyclic amines) is 1. The molecular formula is C15H31N3O. The van der Waals surface area contributed by atoms with Gasteiger partial charge in [-0.1, -0.05) is 13.8 Å². The van der Waals surface area contributed by atoms with Crippen LogP contribution in [0.4, 0.5) is 0 Å². The molecule has 1 rings (SSSR count). The van der Waals surface area contributed by atoms with Crippen molar-refractivity contribution in [3.05, 3.63) is 0 Å².